The molecule has 0 saturated carbocycles. The zero-order valence-electron chi connectivity index (χ0n) is 11.0. The molecule has 0 bridgehead atoms. The maximum Gasteiger partial charge on any atom is 0.212 e. The Bertz CT molecular complexity index is 255. The van der Waals surface area contributed by atoms with Gasteiger partial charge in [-0.2, -0.15) is 0 Å². The van der Waals surface area contributed by atoms with Crippen LogP contribution in [-0.4, -0.2) is 47.5 Å². The van der Waals surface area contributed by atoms with Gasteiger partial charge in [-0.3, -0.25) is 0 Å². The molecular weight excluding hydrogens is 240 g/mol. The lowest BCUT2D eigenvalue weighted by atomic mass is 10.2. The monoisotopic (exact) mass is 266 g/mol. The fraction of sp³-hybridized carbons (Fsp3) is 1.00. The van der Waals surface area contributed by atoms with E-state index in [0.29, 0.717) is 13.1 Å². The van der Waals surface area contributed by atoms with Crippen molar-refractivity contribution < 1.29 is 13.2 Å². The van der Waals surface area contributed by atoms with Gasteiger partial charge in [-0.05, 0) is 32.2 Å². The minimum Gasteiger partial charge on any atom is -0.385 e. The van der Waals surface area contributed by atoms with E-state index in [1.165, 1.54) is 0 Å². The van der Waals surface area contributed by atoms with Crippen molar-refractivity contribution in [1.29, 1.82) is 0 Å². The minimum absolute atomic E-state index is 0.158. The van der Waals surface area contributed by atoms with Gasteiger partial charge in [-0.25, -0.2) is 13.1 Å². The number of nitrogens with one attached hydrogen (secondary N) is 2. The summed E-state index contributed by atoms with van der Waals surface area (Å²) in [5.74, 6) is 0.158. The molecule has 0 aliphatic heterocycles. The zero-order chi connectivity index (χ0) is 13.0. The summed E-state index contributed by atoms with van der Waals surface area (Å²) in [4.78, 5) is 0. The molecule has 0 atom stereocenters. The Hall–Kier alpha value is -0.170. The largest absolute Gasteiger partial charge is 0.385 e. The third-order valence-corrected chi connectivity index (χ3v) is 3.71. The summed E-state index contributed by atoms with van der Waals surface area (Å²) < 4.78 is 30.5. The van der Waals surface area contributed by atoms with Crippen LogP contribution in [0.3, 0.4) is 0 Å². The molecular formula is C11H26N2O3S. The summed E-state index contributed by atoms with van der Waals surface area (Å²) in [6.45, 7) is 4.71. The van der Waals surface area contributed by atoms with Crippen LogP contribution in [0.1, 0.15) is 32.6 Å². The summed E-state index contributed by atoms with van der Waals surface area (Å²) in [6, 6.07) is 0. The van der Waals surface area contributed by atoms with Gasteiger partial charge >= 0.3 is 0 Å². The lowest BCUT2D eigenvalue weighted by Crippen LogP contribution is -2.32. The Kier molecular flexibility index (Phi) is 10.8. The Balaban J connectivity index is 3.44. The molecule has 0 rings (SSSR count). The average Bonchev–Trinajstić information content (AvgIpc) is 2.29. The van der Waals surface area contributed by atoms with Gasteiger partial charge in [0, 0.05) is 26.8 Å². The predicted molar refractivity (Wildman–Crippen MR) is 70.7 cm³/mol. The predicted octanol–water partition coefficient (Wildman–Crippen LogP) is 0.722. The van der Waals surface area contributed by atoms with E-state index in [1.807, 2.05) is 0 Å². The highest BCUT2D eigenvalue weighted by Gasteiger charge is 2.07. The van der Waals surface area contributed by atoms with Crippen molar-refractivity contribution in [3.05, 3.63) is 0 Å². The molecule has 6 heteroatoms. The lowest BCUT2D eigenvalue weighted by Gasteiger charge is -2.07. The summed E-state index contributed by atoms with van der Waals surface area (Å²) in [6.07, 6.45) is 3.86. The molecule has 0 aromatic rings. The molecule has 0 aromatic carbocycles. The van der Waals surface area contributed by atoms with Gasteiger partial charge in [0.25, 0.3) is 0 Å². The van der Waals surface area contributed by atoms with Crippen LogP contribution < -0.4 is 10.0 Å². The third-order valence-electron chi connectivity index (χ3n) is 2.32. The van der Waals surface area contributed by atoms with Crippen LogP contribution in [-0.2, 0) is 14.8 Å². The molecule has 0 aliphatic carbocycles. The first-order valence-corrected chi connectivity index (χ1v) is 7.94. The summed E-state index contributed by atoms with van der Waals surface area (Å²) in [7, 11) is -1.43. The maximum atomic E-state index is 11.5. The van der Waals surface area contributed by atoms with Gasteiger partial charge in [0.05, 0.1) is 5.75 Å². The van der Waals surface area contributed by atoms with Crippen LogP contribution >= 0.6 is 0 Å². The van der Waals surface area contributed by atoms with Crippen molar-refractivity contribution >= 4 is 10.0 Å². The van der Waals surface area contributed by atoms with Gasteiger partial charge < -0.3 is 10.1 Å². The number of methoxy groups -OCH3 is 1. The maximum absolute atomic E-state index is 11.5. The van der Waals surface area contributed by atoms with E-state index in [1.54, 1.807) is 7.11 Å². The van der Waals surface area contributed by atoms with Crippen LogP contribution in [0.4, 0.5) is 0 Å². The standard InChI is InChI=1S/C11H26N2O3S/c1-3-7-12-9-11-17(14,15)13-8-5-4-6-10-16-2/h12-13H,3-11H2,1-2H3. The number of hydrogen-bond donors (Lipinski definition) is 2. The lowest BCUT2D eigenvalue weighted by molar-refractivity contribution is 0.192. The zero-order valence-corrected chi connectivity index (χ0v) is 11.8. The average molecular weight is 266 g/mol. The van der Waals surface area contributed by atoms with Crippen LogP contribution in [0.25, 0.3) is 0 Å². The van der Waals surface area contributed by atoms with E-state index in [-0.39, 0.29) is 5.75 Å². The molecule has 0 aromatic heterocycles. The molecule has 2 N–H and O–H groups in total. The molecule has 0 amide bonds. The molecule has 0 fully saturated rings. The van der Waals surface area contributed by atoms with Crippen molar-refractivity contribution in [3.8, 4) is 0 Å². The van der Waals surface area contributed by atoms with Crippen LogP contribution in [0.5, 0.6) is 0 Å². The van der Waals surface area contributed by atoms with E-state index in [0.717, 1.165) is 38.8 Å². The van der Waals surface area contributed by atoms with E-state index >= 15 is 0 Å². The Labute approximate surface area is 105 Å². The molecule has 0 unspecified atom stereocenters. The van der Waals surface area contributed by atoms with Gasteiger partial charge in [-0.15, -0.1) is 0 Å². The second-order valence-corrected chi connectivity index (χ2v) is 5.94. The van der Waals surface area contributed by atoms with Gasteiger partial charge in [0.15, 0.2) is 0 Å². The molecule has 104 valence electrons. The molecule has 0 saturated heterocycles. The number of sulfonamides is 1. The van der Waals surface area contributed by atoms with E-state index < -0.39 is 10.0 Å². The van der Waals surface area contributed by atoms with Crippen LogP contribution in [0, 0.1) is 0 Å². The van der Waals surface area contributed by atoms with Gasteiger partial charge in [0.2, 0.25) is 10.0 Å². The second-order valence-electron chi connectivity index (χ2n) is 4.02. The van der Waals surface area contributed by atoms with Crippen molar-refractivity contribution in [2.75, 3.05) is 39.1 Å². The molecule has 17 heavy (non-hydrogen) atoms. The SMILES string of the molecule is CCCNCCS(=O)(=O)NCCCCCOC. The minimum atomic E-state index is -3.10. The molecule has 0 heterocycles. The Morgan fingerprint density at radius 2 is 1.82 bits per heavy atom. The molecule has 0 aliphatic rings. The summed E-state index contributed by atoms with van der Waals surface area (Å²) >= 11 is 0. The number of rotatable bonds is 12. The number of hydrogen-bond acceptors (Lipinski definition) is 4. The highest BCUT2D eigenvalue weighted by Crippen LogP contribution is 1.95. The quantitative estimate of drug-likeness (QED) is 0.511. The second kappa shape index (κ2) is 11.0. The molecule has 0 spiro atoms. The van der Waals surface area contributed by atoms with Crippen LogP contribution in [0.2, 0.25) is 0 Å². The fourth-order valence-corrected chi connectivity index (χ4v) is 2.37. The first-order chi connectivity index (χ1) is 8.12. The first kappa shape index (κ1) is 16.8. The number of ether oxygens (including phenoxy) is 1. The van der Waals surface area contributed by atoms with Gasteiger partial charge in [0.1, 0.15) is 0 Å². The van der Waals surface area contributed by atoms with E-state index in [4.69, 9.17) is 4.74 Å². The highest BCUT2D eigenvalue weighted by atomic mass is 32.2. The first-order valence-electron chi connectivity index (χ1n) is 6.29. The topological polar surface area (TPSA) is 67.4 Å². The van der Waals surface area contributed by atoms with Crippen molar-refractivity contribution in [2.45, 2.75) is 32.6 Å². The normalized spacial score (nSPS) is 11.9. The summed E-state index contributed by atoms with van der Waals surface area (Å²) in [5, 5.41) is 3.07. The van der Waals surface area contributed by atoms with Gasteiger partial charge in [-0.1, -0.05) is 6.92 Å². The van der Waals surface area contributed by atoms with Crippen molar-refractivity contribution in [3.63, 3.8) is 0 Å². The summed E-state index contributed by atoms with van der Waals surface area (Å²) in [5.41, 5.74) is 0. The van der Waals surface area contributed by atoms with Crippen molar-refractivity contribution in [1.82, 2.24) is 10.0 Å². The van der Waals surface area contributed by atoms with Crippen LogP contribution in [0.15, 0.2) is 0 Å². The van der Waals surface area contributed by atoms with E-state index in [9.17, 15) is 8.42 Å². The third kappa shape index (κ3) is 12.1. The smallest absolute Gasteiger partial charge is 0.212 e. The highest BCUT2D eigenvalue weighted by molar-refractivity contribution is 7.89. The Morgan fingerprint density at radius 3 is 2.47 bits per heavy atom. The Morgan fingerprint density at radius 1 is 1.06 bits per heavy atom. The number of unbranched alkanes of at least 4 members (excludes halogenated alkanes) is 2. The van der Waals surface area contributed by atoms with Crippen molar-refractivity contribution in [2.24, 2.45) is 0 Å². The van der Waals surface area contributed by atoms with E-state index in [2.05, 4.69) is 17.0 Å². The fourth-order valence-electron chi connectivity index (χ4n) is 1.36. The molecule has 0 radical (unpaired) electrons. The molecule has 5 nitrogen and oxygen atoms in total.